The van der Waals surface area contributed by atoms with Crippen LogP contribution in [0.5, 0.6) is 5.75 Å². The van der Waals surface area contributed by atoms with E-state index >= 15 is 0 Å². The van der Waals surface area contributed by atoms with Crippen molar-refractivity contribution in [1.82, 2.24) is 5.32 Å². The van der Waals surface area contributed by atoms with Crippen molar-refractivity contribution in [3.63, 3.8) is 0 Å². The fourth-order valence-electron chi connectivity index (χ4n) is 4.34. The van der Waals surface area contributed by atoms with E-state index in [1.54, 1.807) is 12.1 Å². The van der Waals surface area contributed by atoms with E-state index in [0.29, 0.717) is 18.2 Å². The minimum Gasteiger partial charge on any atom is -0.490 e. The van der Waals surface area contributed by atoms with Gasteiger partial charge in [-0.15, -0.1) is 11.8 Å². The van der Waals surface area contributed by atoms with Gasteiger partial charge in [0.25, 0.3) is 0 Å². The van der Waals surface area contributed by atoms with E-state index in [0.717, 1.165) is 41.7 Å². The molecule has 0 heterocycles. The Labute approximate surface area is 199 Å². The molecule has 1 saturated carbocycles. The molecular formula is C28H30FNO2S. The monoisotopic (exact) mass is 463 g/mol. The second kappa shape index (κ2) is 11.4. The van der Waals surface area contributed by atoms with Crippen LogP contribution in [0.25, 0.3) is 11.1 Å². The summed E-state index contributed by atoms with van der Waals surface area (Å²) in [5, 5.41) is 3.39. The highest BCUT2D eigenvalue weighted by atomic mass is 32.2. The lowest BCUT2D eigenvalue weighted by Crippen LogP contribution is -2.26. The van der Waals surface area contributed by atoms with Gasteiger partial charge in [-0.25, -0.2) is 4.39 Å². The Morgan fingerprint density at radius 3 is 2.70 bits per heavy atom. The van der Waals surface area contributed by atoms with Gasteiger partial charge < -0.3 is 10.1 Å². The first-order chi connectivity index (χ1) is 16.1. The van der Waals surface area contributed by atoms with Gasteiger partial charge in [-0.05, 0) is 85.2 Å². The fraction of sp³-hybridized carbons (Fsp3) is 0.321. The fourth-order valence-corrected chi connectivity index (χ4v) is 5.64. The molecule has 1 aliphatic carbocycles. The number of hydrogen-bond acceptors (Lipinski definition) is 3. The molecule has 0 aliphatic heterocycles. The van der Waals surface area contributed by atoms with Crippen molar-refractivity contribution in [3.8, 4) is 16.9 Å². The van der Waals surface area contributed by atoms with Crippen LogP contribution in [0.3, 0.4) is 0 Å². The molecule has 1 N–H and O–H groups in total. The quantitative estimate of drug-likeness (QED) is 0.406. The van der Waals surface area contributed by atoms with E-state index in [4.69, 9.17) is 4.74 Å². The Morgan fingerprint density at radius 1 is 1.06 bits per heavy atom. The van der Waals surface area contributed by atoms with E-state index in [1.165, 1.54) is 24.3 Å². The van der Waals surface area contributed by atoms with Gasteiger partial charge >= 0.3 is 0 Å². The number of ether oxygens (including phenoxy) is 1. The van der Waals surface area contributed by atoms with Crippen molar-refractivity contribution in [2.24, 2.45) is 0 Å². The maximum Gasteiger partial charge on any atom is 0.216 e. The van der Waals surface area contributed by atoms with E-state index in [9.17, 15) is 9.18 Å². The van der Waals surface area contributed by atoms with Crippen LogP contribution in [-0.2, 0) is 11.2 Å². The number of hydrogen-bond donors (Lipinski definition) is 1. The van der Waals surface area contributed by atoms with Crippen LogP contribution >= 0.6 is 11.8 Å². The average Bonchev–Trinajstić information content (AvgIpc) is 2.80. The summed E-state index contributed by atoms with van der Waals surface area (Å²) in [6.45, 7) is 2.05. The van der Waals surface area contributed by atoms with Crippen LogP contribution in [0.2, 0.25) is 0 Å². The summed E-state index contributed by atoms with van der Waals surface area (Å²) in [5.74, 6) is 0.495. The van der Waals surface area contributed by atoms with Crippen molar-refractivity contribution in [3.05, 3.63) is 84.2 Å². The van der Waals surface area contributed by atoms with Gasteiger partial charge in [0.1, 0.15) is 11.6 Å². The van der Waals surface area contributed by atoms with E-state index in [2.05, 4.69) is 29.6 Å². The highest BCUT2D eigenvalue weighted by molar-refractivity contribution is 8.00. The molecule has 2 atom stereocenters. The van der Waals surface area contributed by atoms with Crippen LogP contribution in [0.4, 0.5) is 4.39 Å². The first-order valence-electron chi connectivity index (χ1n) is 11.6. The lowest BCUT2D eigenvalue weighted by molar-refractivity contribution is -0.118. The first-order valence-corrected chi connectivity index (χ1v) is 12.5. The standard InChI is InChI=1S/C28H30FNO2S/c1-20(31)30-16-15-21-13-14-25(19-28(21)22-7-5-8-23(29)17-22)32-24-9-6-12-27(18-24)33-26-10-3-2-4-11-26/h2-5,7-8,10-11,13-14,17,19,24,27H,6,9,12,15-16,18H2,1H3,(H,30,31)/t24-,27+/m0/s1. The molecule has 5 heteroatoms. The molecule has 3 aromatic carbocycles. The van der Waals surface area contributed by atoms with Gasteiger partial charge in [0.05, 0.1) is 6.10 Å². The maximum absolute atomic E-state index is 13.9. The predicted octanol–water partition coefficient (Wildman–Crippen LogP) is 6.65. The molecule has 4 rings (SSSR count). The molecule has 172 valence electrons. The molecule has 0 saturated heterocycles. The normalized spacial score (nSPS) is 18.0. The summed E-state index contributed by atoms with van der Waals surface area (Å²) in [5.41, 5.74) is 2.82. The van der Waals surface area contributed by atoms with Crippen molar-refractivity contribution in [2.45, 2.75) is 55.3 Å². The highest BCUT2D eigenvalue weighted by Crippen LogP contribution is 2.36. The average molecular weight is 464 g/mol. The molecule has 0 spiro atoms. The zero-order chi connectivity index (χ0) is 23.0. The molecular weight excluding hydrogens is 433 g/mol. The first kappa shape index (κ1) is 23.4. The predicted molar refractivity (Wildman–Crippen MR) is 133 cm³/mol. The summed E-state index contributed by atoms with van der Waals surface area (Å²) in [6.07, 6.45) is 5.26. The topological polar surface area (TPSA) is 38.3 Å². The third kappa shape index (κ3) is 6.84. The summed E-state index contributed by atoms with van der Waals surface area (Å²) in [7, 11) is 0. The van der Waals surface area contributed by atoms with Gasteiger partial charge in [0.2, 0.25) is 5.91 Å². The SMILES string of the molecule is CC(=O)NCCc1ccc(O[C@H]2CCC[C@@H](Sc3ccccc3)C2)cc1-c1cccc(F)c1. The van der Waals surface area contributed by atoms with Gasteiger partial charge in [0, 0.05) is 23.6 Å². The summed E-state index contributed by atoms with van der Waals surface area (Å²) < 4.78 is 20.4. The molecule has 0 aromatic heterocycles. The van der Waals surface area contributed by atoms with Gasteiger partial charge in [-0.1, -0.05) is 36.4 Å². The number of thioether (sulfide) groups is 1. The molecule has 0 unspecified atom stereocenters. The van der Waals surface area contributed by atoms with E-state index in [1.807, 2.05) is 42.1 Å². The lowest BCUT2D eigenvalue weighted by atomic mass is 9.96. The summed E-state index contributed by atoms with van der Waals surface area (Å²) in [4.78, 5) is 12.6. The number of nitrogens with one attached hydrogen (secondary N) is 1. The Morgan fingerprint density at radius 2 is 1.91 bits per heavy atom. The van der Waals surface area contributed by atoms with Gasteiger partial charge in [0.15, 0.2) is 0 Å². The lowest BCUT2D eigenvalue weighted by Gasteiger charge is -2.29. The van der Waals surface area contributed by atoms with Crippen LogP contribution in [0.15, 0.2) is 77.7 Å². The van der Waals surface area contributed by atoms with Gasteiger partial charge in [-0.2, -0.15) is 0 Å². The number of rotatable bonds is 8. The second-order valence-electron chi connectivity index (χ2n) is 8.52. The van der Waals surface area contributed by atoms with Crippen molar-refractivity contribution in [2.75, 3.05) is 6.54 Å². The van der Waals surface area contributed by atoms with Crippen molar-refractivity contribution < 1.29 is 13.9 Å². The molecule has 0 bridgehead atoms. The number of benzene rings is 3. The van der Waals surface area contributed by atoms with Crippen molar-refractivity contribution >= 4 is 17.7 Å². The molecule has 1 aliphatic rings. The number of carbonyl (C=O) groups is 1. The molecule has 33 heavy (non-hydrogen) atoms. The largest absolute Gasteiger partial charge is 0.490 e. The molecule has 3 nitrogen and oxygen atoms in total. The second-order valence-corrected chi connectivity index (χ2v) is 9.90. The third-order valence-corrected chi connectivity index (χ3v) is 7.22. The minimum atomic E-state index is -0.264. The number of amides is 1. The molecule has 0 radical (unpaired) electrons. The highest BCUT2D eigenvalue weighted by Gasteiger charge is 2.24. The Balaban J connectivity index is 1.49. The maximum atomic E-state index is 13.9. The minimum absolute atomic E-state index is 0.0533. The van der Waals surface area contributed by atoms with E-state index < -0.39 is 0 Å². The Kier molecular flexibility index (Phi) is 8.05. The summed E-state index contributed by atoms with van der Waals surface area (Å²) in [6, 6.07) is 23.2. The zero-order valence-corrected chi connectivity index (χ0v) is 19.7. The molecule has 3 aromatic rings. The van der Waals surface area contributed by atoms with Crippen LogP contribution in [-0.4, -0.2) is 23.8 Å². The van der Waals surface area contributed by atoms with Crippen LogP contribution < -0.4 is 10.1 Å². The Bertz CT molecular complexity index is 1070. The zero-order valence-electron chi connectivity index (χ0n) is 18.9. The smallest absolute Gasteiger partial charge is 0.216 e. The Hall–Kier alpha value is -2.79. The number of carbonyl (C=O) groups excluding carboxylic acids is 1. The van der Waals surface area contributed by atoms with E-state index in [-0.39, 0.29) is 17.8 Å². The van der Waals surface area contributed by atoms with Crippen LogP contribution in [0.1, 0.15) is 38.2 Å². The van der Waals surface area contributed by atoms with Crippen LogP contribution in [0, 0.1) is 5.82 Å². The van der Waals surface area contributed by atoms with Crippen molar-refractivity contribution in [1.29, 1.82) is 0 Å². The summed E-state index contributed by atoms with van der Waals surface area (Å²) >= 11 is 1.94. The molecule has 1 amide bonds. The third-order valence-electron chi connectivity index (χ3n) is 5.91. The molecule has 1 fully saturated rings. The number of halogens is 1. The van der Waals surface area contributed by atoms with Gasteiger partial charge in [-0.3, -0.25) is 4.79 Å².